The fourth-order valence-corrected chi connectivity index (χ4v) is 4.11. The molecule has 1 spiro atoms. The van der Waals surface area contributed by atoms with Crippen LogP contribution in [-0.2, 0) is 19.1 Å². The van der Waals surface area contributed by atoms with Crippen molar-refractivity contribution in [2.24, 2.45) is 0 Å². The van der Waals surface area contributed by atoms with Crippen molar-refractivity contribution < 1.29 is 19.1 Å². The Morgan fingerprint density at radius 1 is 1.16 bits per heavy atom. The van der Waals surface area contributed by atoms with E-state index in [9.17, 15) is 9.59 Å². The molecule has 0 bridgehead atoms. The van der Waals surface area contributed by atoms with E-state index in [4.69, 9.17) is 21.1 Å². The zero-order chi connectivity index (χ0) is 17.6. The number of imide groups is 1. The van der Waals surface area contributed by atoms with Gasteiger partial charge in [0.25, 0.3) is 5.91 Å². The first-order chi connectivity index (χ1) is 12.0. The van der Waals surface area contributed by atoms with Crippen molar-refractivity contribution in [1.82, 2.24) is 4.90 Å². The van der Waals surface area contributed by atoms with E-state index >= 15 is 0 Å². The third-order valence-corrected chi connectivity index (χ3v) is 5.58. The van der Waals surface area contributed by atoms with Crippen LogP contribution in [0, 0.1) is 6.92 Å². The summed E-state index contributed by atoms with van der Waals surface area (Å²) in [6.07, 6.45) is 1.65. The summed E-state index contributed by atoms with van der Waals surface area (Å²) >= 11 is 6.06. The number of carbonyl (C=O) groups is 2. The highest BCUT2D eigenvalue weighted by Crippen LogP contribution is 2.35. The van der Waals surface area contributed by atoms with Gasteiger partial charge in [-0.2, -0.15) is 0 Å². The highest BCUT2D eigenvalue weighted by molar-refractivity contribution is 6.31. The summed E-state index contributed by atoms with van der Waals surface area (Å²) in [5.74, 6) is -0.820. The van der Waals surface area contributed by atoms with Gasteiger partial charge >= 0.3 is 0 Å². The lowest BCUT2D eigenvalue weighted by Crippen LogP contribution is -2.51. The molecule has 0 saturated carbocycles. The second-order valence-corrected chi connectivity index (χ2v) is 7.30. The van der Waals surface area contributed by atoms with Crippen molar-refractivity contribution >= 4 is 29.1 Å². The second kappa shape index (κ2) is 6.36. The van der Waals surface area contributed by atoms with Gasteiger partial charge in [0.2, 0.25) is 5.91 Å². The zero-order valence-electron chi connectivity index (χ0n) is 14.2. The maximum Gasteiger partial charge on any atom is 0.251 e. The molecule has 3 fully saturated rings. The van der Waals surface area contributed by atoms with Gasteiger partial charge in [0.15, 0.2) is 5.79 Å². The summed E-state index contributed by atoms with van der Waals surface area (Å²) in [4.78, 5) is 28.9. The summed E-state index contributed by atoms with van der Waals surface area (Å²) in [7, 11) is 0. The molecule has 1 aromatic rings. The van der Waals surface area contributed by atoms with Crippen molar-refractivity contribution in [1.29, 1.82) is 0 Å². The minimum atomic E-state index is -0.481. The van der Waals surface area contributed by atoms with E-state index in [-0.39, 0.29) is 18.2 Å². The molecule has 0 N–H and O–H groups in total. The molecule has 7 heteroatoms. The van der Waals surface area contributed by atoms with Crippen molar-refractivity contribution in [2.75, 3.05) is 31.2 Å². The number of benzene rings is 1. The Kier molecular flexibility index (Phi) is 4.32. The van der Waals surface area contributed by atoms with Crippen LogP contribution in [0.25, 0.3) is 0 Å². The molecule has 0 aromatic heterocycles. The zero-order valence-corrected chi connectivity index (χ0v) is 14.9. The molecule has 0 unspecified atom stereocenters. The van der Waals surface area contributed by atoms with Crippen LogP contribution in [0.4, 0.5) is 5.69 Å². The molecule has 0 aliphatic carbocycles. The number of nitrogens with zero attached hydrogens (tertiary/aromatic N) is 2. The largest absolute Gasteiger partial charge is 0.347 e. The van der Waals surface area contributed by atoms with Gasteiger partial charge in [-0.25, -0.2) is 4.90 Å². The van der Waals surface area contributed by atoms with E-state index in [1.54, 1.807) is 12.1 Å². The Hall–Kier alpha value is -1.47. The number of hydrogen-bond donors (Lipinski definition) is 0. The number of likely N-dealkylation sites (tertiary alicyclic amines) is 1. The number of rotatable bonds is 2. The molecular weight excluding hydrogens is 344 g/mol. The fraction of sp³-hybridized carbons (Fsp3) is 0.556. The number of aryl methyl sites for hydroxylation is 1. The van der Waals surface area contributed by atoms with Crippen molar-refractivity contribution in [3.05, 3.63) is 28.8 Å². The Labute approximate surface area is 151 Å². The smallest absolute Gasteiger partial charge is 0.251 e. The third-order valence-electron chi connectivity index (χ3n) is 5.35. The number of anilines is 1. The van der Waals surface area contributed by atoms with Crippen molar-refractivity contribution in [2.45, 2.75) is 38.0 Å². The number of hydrogen-bond acceptors (Lipinski definition) is 5. The molecule has 1 aromatic carbocycles. The standard InChI is InChI=1S/C18H21ClN2O4/c1-12-2-3-13(19)10-14(12)21-16(22)11-15(17(21)23)20-6-4-18(5-7-20)24-8-9-25-18/h2-3,10,15H,4-9,11H2,1H3/t15-/m0/s1. The van der Waals surface area contributed by atoms with Crippen LogP contribution in [-0.4, -0.2) is 54.8 Å². The van der Waals surface area contributed by atoms with Crippen LogP contribution in [0.5, 0.6) is 0 Å². The Morgan fingerprint density at radius 2 is 1.84 bits per heavy atom. The SMILES string of the molecule is Cc1ccc(Cl)cc1N1C(=O)C[C@H](N2CCC3(CC2)OCCO3)C1=O. The van der Waals surface area contributed by atoms with Gasteiger partial charge < -0.3 is 9.47 Å². The lowest BCUT2D eigenvalue weighted by Gasteiger charge is -2.39. The molecular formula is C18H21ClN2O4. The van der Waals surface area contributed by atoms with Gasteiger partial charge in [-0.05, 0) is 24.6 Å². The molecule has 3 saturated heterocycles. The molecule has 0 radical (unpaired) electrons. The average molecular weight is 365 g/mol. The Morgan fingerprint density at radius 3 is 2.52 bits per heavy atom. The summed E-state index contributed by atoms with van der Waals surface area (Å²) < 4.78 is 11.5. The highest BCUT2D eigenvalue weighted by atomic mass is 35.5. The minimum absolute atomic E-state index is 0.167. The summed E-state index contributed by atoms with van der Waals surface area (Å²) in [5.41, 5.74) is 1.44. The van der Waals surface area contributed by atoms with E-state index in [2.05, 4.69) is 4.90 Å². The average Bonchev–Trinajstić information content (AvgIpc) is 3.16. The molecule has 25 heavy (non-hydrogen) atoms. The number of amides is 2. The van der Waals surface area contributed by atoms with Crippen LogP contribution >= 0.6 is 11.6 Å². The number of ether oxygens (including phenoxy) is 2. The topological polar surface area (TPSA) is 59.1 Å². The van der Waals surface area contributed by atoms with E-state index in [1.165, 1.54) is 4.90 Å². The summed E-state index contributed by atoms with van der Waals surface area (Å²) in [5, 5.41) is 0.514. The van der Waals surface area contributed by atoms with Crippen LogP contribution in [0.3, 0.4) is 0 Å². The third kappa shape index (κ3) is 2.97. The highest BCUT2D eigenvalue weighted by Gasteiger charge is 2.47. The maximum atomic E-state index is 12.9. The van der Waals surface area contributed by atoms with Crippen molar-refractivity contribution in [3.8, 4) is 0 Å². The molecule has 3 aliphatic heterocycles. The first-order valence-electron chi connectivity index (χ1n) is 8.64. The first-order valence-corrected chi connectivity index (χ1v) is 9.02. The molecule has 1 atom stereocenters. The van der Waals surface area contributed by atoms with Gasteiger partial charge in [-0.1, -0.05) is 17.7 Å². The van der Waals surface area contributed by atoms with Gasteiger partial charge in [0, 0.05) is 31.0 Å². The van der Waals surface area contributed by atoms with Crippen molar-refractivity contribution in [3.63, 3.8) is 0 Å². The number of carbonyl (C=O) groups excluding carboxylic acids is 2. The van der Waals surface area contributed by atoms with E-state index < -0.39 is 11.8 Å². The predicted molar refractivity (Wildman–Crippen MR) is 92.5 cm³/mol. The van der Waals surface area contributed by atoms with E-state index in [1.807, 2.05) is 13.0 Å². The predicted octanol–water partition coefficient (Wildman–Crippen LogP) is 2.12. The molecule has 134 valence electrons. The molecule has 3 heterocycles. The van der Waals surface area contributed by atoms with Gasteiger partial charge in [0.05, 0.1) is 31.4 Å². The van der Waals surface area contributed by atoms with E-state index in [0.717, 1.165) is 18.4 Å². The molecule has 6 nitrogen and oxygen atoms in total. The van der Waals surface area contributed by atoms with Gasteiger partial charge in [-0.3, -0.25) is 14.5 Å². The van der Waals surface area contributed by atoms with Gasteiger partial charge in [0.1, 0.15) is 0 Å². The van der Waals surface area contributed by atoms with Crippen LogP contribution in [0.15, 0.2) is 18.2 Å². The maximum absolute atomic E-state index is 12.9. The number of piperidine rings is 1. The number of halogens is 1. The monoisotopic (exact) mass is 364 g/mol. The lowest BCUT2D eigenvalue weighted by atomic mass is 10.0. The molecule has 3 aliphatic rings. The quantitative estimate of drug-likeness (QED) is 0.752. The minimum Gasteiger partial charge on any atom is -0.347 e. The molecule has 2 amide bonds. The van der Waals surface area contributed by atoms with Crippen LogP contribution < -0.4 is 4.90 Å². The first kappa shape index (κ1) is 17.0. The summed E-state index contributed by atoms with van der Waals surface area (Å²) in [6.45, 7) is 4.50. The van der Waals surface area contributed by atoms with Gasteiger partial charge in [-0.15, -0.1) is 0 Å². The van der Waals surface area contributed by atoms with Crippen LogP contribution in [0.1, 0.15) is 24.8 Å². The fourth-order valence-electron chi connectivity index (χ4n) is 3.94. The van der Waals surface area contributed by atoms with E-state index in [0.29, 0.717) is 37.0 Å². The normalized spacial score (nSPS) is 26.8. The molecule has 4 rings (SSSR count). The Bertz CT molecular complexity index is 707. The Balaban J connectivity index is 1.51. The summed E-state index contributed by atoms with van der Waals surface area (Å²) in [6, 6.07) is 4.85. The lowest BCUT2D eigenvalue weighted by molar-refractivity contribution is -0.188. The van der Waals surface area contributed by atoms with Crippen LogP contribution in [0.2, 0.25) is 5.02 Å². The second-order valence-electron chi connectivity index (χ2n) is 6.86.